The van der Waals surface area contributed by atoms with E-state index in [0.717, 1.165) is 0 Å². The lowest BCUT2D eigenvalue weighted by molar-refractivity contribution is -0.137. The monoisotopic (exact) mass is 286 g/mol. The first-order valence-electron chi connectivity index (χ1n) is 7.00. The Hall–Kier alpha value is -1.59. The van der Waals surface area contributed by atoms with Crippen LogP contribution in [0.5, 0.6) is 0 Å². The van der Waals surface area contributed by atoms with Crippen LogP contribution in [0.15, 0.2) is 0 Å². The van der Waals surface area contributed by atoms with Gasteiger partial charge in [0.05, 0.1) is 0 Å². The number of rotatable bonds is 9. The summed E-state index contributed by atoms with van der Waals surface area (Å²) < 4.78 is 0. The van der Waals surface area contributed by atoms with Gasteiger partial charge in [0.1, 0.15) is 0 Å². The average molecular weight is 286 g/mol. The van der Waals surface area contributed by atoms with Crippen LogP contribution in [0.25, 0.3) is 0 Å². The van der Waals surface area contributed by atoms with Crippen LogP contribution in [-0.4, -0.2) is 36.0 Å². The van der Waals surface area contributed by atoms with E-state index in [-0.39, 0.29) is 18.2 Å². The summed E-state index contributed by atoms with van der Waals surface area (Å²) in [4.78, 5) is 33.3. The van der Waals surface area contributed by atoms with Crippen molar-refractivity contribution in [2.45, 2.75) is 52.9 Å². The van der Waals surface area contributed by atoms with Crippen LogP contribution in [0.2, 0.25) is 0 Å². The number of carboxylic acid groups (broad SMARTS) is 1. The lowest BCUT2D eigenvalue weighted by atomic mass is 9.96. The SMILES string of the molecule is CC(C)(C)C(=O)NCCCC(=O)NCCCCC(=O)O. The van der Waals surface area contributed by atoms with Crippen LogP contribution in [0.3, 0.4) is 0 Å². The number of unbranched alkanes of at least 4 members (excludes halogenated alkanes) is 1. The lowest BCUT2D eigenvalue weighted by Crippen LogP contribution is -2.35. The quantitative estimate of drug-likeness (QED) is 0.557. The molecular formula is C14H26N2O4. The standard InChI is InChI=1S/C14H26N2O4/c1-14(2,3)13(20)16-10-6-7-11(17)15-9-5-4-8-12(18)19/h4-10H2,1-3H3,(H,15,17)(H,16,20)(H,18,19). The molecule has 0 radical (unpaired) electrons. The Kier molecular flexibility index (Phi) is 8.59. The molecule has 0 rings (SSSR count). The van der Waals surface area contributed by atoms with Gasteiger partial charge < -0.3 is 15.7 Å². The normalized spacial score (nSPS) is 10.9. The Morgan fingerprint density at radius 3 is 2.05 bits per heavy atom. The number of hydrogen-bond acceptors (Lipinski definition) is 3. The highest BCUT2D eigenvalue weighted by Crippen LogP contribution is 2.12. The van der Waals surface area contributed by atoms with Gasteiger partial charge >= 0.3 is 5.97 Å². The third-order valence-corrected chi connectivity index (χ3v) is 2.69. The predicted molar refractivity (Wildman–Crippen MR) is 76.2 cm³/mol. The van der Waals surface area contributed by atoms with Gasteiger partial charge in [0.15, 0.2) is 0 Å². The van der Waals surface area contributed by atoms with Gasteiger partial charge in [-0.2, -0.15) is 0 Å². The van der Waals surface area contributed by atoms with Crippen molar-refractivity contribution in [3.8, 4) is 0 Å². The molecule has 6 heteroatoms. The summed E-state index contributed by atoms with van der Waals surface area (Å²) in [7, 11) is 0. The zero-order valence-electron chi connectivity index (χ0n) is 12.6. The highest BCUT2D eigenvalue weighted by atomic mass is 16.4. The van der Waals surface area contributed by atoms with E-state index in [9.17, 15) is 14.4 Å². The van der Waals surface area contributed by atoms with Gasteiger partial charge in [0, 0.05) is 31.3 Å². The summed E-state index contributed by atoms with van der Waals surface area (Å²) in [6, 6.07) is 0. The van der Waals surface area contributed by atoms with E-state index < -0.39 is 11.4 Å². The Morgan fingerprint density at radius 1 is 0.900 bits per heavy atom. The summed E-state index contributed by atoms with van der Waals surface area (Å²) >= 11 is 0. The largest absolute Gasteiger partial charge is 0.481 e. The maximum absolute atomic E-state index is 11.5. The Bertz CT molecular complexity index is 335. The van der Waals surface area contributed by atoms with Gasteiger partial charge in [-0.15, -0.1) is 0 Å². The number of carbonyl (C=O) groups is 3. The number of hydrogen-bond donors (Lipinski definition) is 3. The van der Waals surface area contributed by atoms with E-state index in [1.54, 1.807) is 0 Å². The Labute approximate surface area is 120 Å². The minimum Gasteiger partial charge on any atom is -0.481 e. The lowest BCUT2D eigenvalue weighted by Gasteiger charge is -2.17. The van der Waals surface area contributed by atoms with Crippen molar-refractivity contribution < 1.29 is 19.5 Å². The molecule has 0 spiro atoms. The maximum atomic E-state index is 11.5. The molecule has 0 aromatic carbocycles. The van der Waals surface area contributed by atoms with Crippen LogP contribution < -0.4 is 10.6 Å². The number of amides is 2. The van der Waals surface area contributed by atoms with Crippen molar-refractivity contribution in [2.75, 3.05) is 13.1 Å². The van der Waals surface area contributed by atoms with Crippen LogP contribution in [0, 0.1) is 5.41 Å². The topological polar surface area (TPSA) is 95.5 Å². The average Bonchev–Trinajstić information content (AvgIpc) is 2.32. The Balaban J connectivity index is 3.50. The molecule has 0 aromatic rings. The van der Waals surface area contributed by atoms with E-state index in [1.807, 2.05) is 20.8 Å². The first-order valence-corrected chi connectivity index (χ1v) is 7.00. The summed E-state index contributed by atoms with van der Waals surface area (Å²) in [6.07, 6.45) is 2.33. The molecule has 3 N–H and O–H groups in total. The molecule has 116 valence electrons. The minimum atomic E-state index is -0.814. The molecule has 0 heterocycles. The number of carbonyl (C=O) groups excluding carboxylic acids is 2. The van der Waals surface area contributed by atoms with Crippen molar-refractivity contribution in [2.24, 2.45) is 5.41 Å². The summed E-state index contributed by atoms with van der Waals surface area (Å²) in [6.45, 7) is 6.51. The molecule has 20 heavy (non-hydrogen) atoms. The second kappa shape index (κ2) is 9.34. The van der Waals surface area contributed by atoms with Gasteiger partial charge in [-0.25, -0.2) is 0 Å². The van der Waals surface area contributed by atoms with Crippen LogP contribution in [-0.2, 0) is 14.4 Å². The van der Waals surface area contributed by atoms with Gasteiger partial charge in [-0.3, -0.25) is 14.4 Å². The fourth-order valence-electron chi connectivity index (χ4n) is 1.43. The van der Waals surface area contributed by atoms with Gasteiger partial charge in [0.25, 0.3) is 0 Å². The fourth-order valence-corrected chi connectivity index (χ4v) is 1.43. The number of nitrogens with one attached hydrogen (secondary N) is 2. The molecule has 0 saturated heterocycles. The summed E-state index contributed by atoms with van der Waals surface area (Å²) in [5.74, 6) is -0.900. The minimum absolute atomic E-state index is 0.0217. The molecular weight excluding hydrogens is 260 g/mol. The van der Waals surface area contributed by atoms with E-state index in [4.69, 9.17) is 5.11 Å². The van der Waals surface area contributed by atoms with Gasteiger partial charge in [-0.1, -0.05) is 20.8 Å². The molecule has 0 saturated carbocycles. The van der Waals surface area contributed by atoms with Crippen LogP contribution in [0.4, 0.5) is 0 Å². The molecule has 0 aliphatic heterocycles. The van der Waals surface area contributed by atoms with Crippen molar-refractivity contribution in [3.63, 3.8) is 0 Å². The molecule has 0 unspecified atom stereocenters. The highest BCUT2D eigenvalue weighted by molar-refractivity contribution is 5.81. The smallest absolute Gasteiger partial charge is 0.303 e. The molecule has 0 bridgehead atoms. The maximum Gasteiger partial charge on any atom is 0.303 e. The zero-order chi connectivity index (χ0) is 15.6. The summed E-state index contributed by atoms with van der Waals surface area (Å²) in [5, 5.41) is 14.0. The Morgan fingerprint density at radius 2 is 1.50 bits per heavy atom. The van der Waals surface area contributed by atoms with E-state index in [0.29, 0.717) is 38.8 Å². The van der Waals surface area contributed by atoms with E-state index in [2.05, 4.69) is 10.6 Å². The molecule has 0 aliphatic rings. The third-order valence-electron chi connectivity index (χ3n) is 2.69. The van der Waals surface area contributed by atoms with Crippen molar-refractivity contribution >= 4 is 17.8 Å². The molecule has 0 aliphatic carbocycles. The van der Waals surface area contributed by atoms with Crippen molar-refractivity contribution in [1.82, 2.24) is 10.6 Å². The van der Waals surface area contributed by atoms with E-state index >= 15 is 0 Å². The number of carboxylic acids is 1. The van der Waals surface area contributed by atoms with Crippen LogP contribution >= 0.6 is 0 Å². The van der Waals surface area contributed by atoms with Gasteiger partial charge in [-0.05, 0) is 19.3 Å². The number of aliphatic carboxylic acids is 1. The zero-order valence-corrected chi connectivity index (χ0v) is 12.6. The first kappa shape index (κ1) is 18.4. The molecule has 2 amide bonds. The molecule has 0 fully saturated rings. The first-order chi connectivity index (χ1) is 9.23. The third kappa shape index (κ3) is 10.3. The van der Waals surface area contributed by atoms with Crippen molar-refractivity contribution in [3.05, 3.63) is 0 Å². The predicted octanol–water partition coefficient (Wildman–Crippen LogP) is 1.30. The van der Waals surface area contributed by atoms with E-state index in [1.165, 1.54) is 0 Å². The second-order valence-corrected chi connectivity index (χ2v) is 5.81. The fraction of sp³-hybridized carbons (Fsp3) is 0.786. The molecule has 0 aromatic heterocycles. The highest BCUT2D eigenvalue weighted by Gasteiger charge is 2.20. The molecule has 0 atom stereocenters. The van der Waals surface area contributed by atoms with Gasteiger partial charge in [0.2, 0.25) is 11.8 Å². The summed E-state index contributed by atoms with van der Waals surface area (Å²) in [5.41, 5.74) is -0.410. The second-order valence-electron chi connectivity index (χ2n) is 5.81. The van der Waals surface area contributed by atoms with Crippen molar-refractivity contribution in [1.29, 1.82) is 0 Å². The molecule has 6 nitrogen and oxygen atoms in total. The van der Waals surface area contributed by atoms with Crippen LogP contribution in [0.1, 0.15) is 52.9 Å².